The summed E-state index contributed by atoms with van der Waals surface area (Å²) >= 11 is 6.02. The molecule has 0 aliphatic carbocycles. The van der Waals surface area contributed by atoms with Crippen LogP contribution < -0.4 is 19.5 Å². The Labute approximate surface area is 126 Å². The fraction of sp³-hybridized carbons (Fsp3) is 0.200. The van der Waals surface area contributed by atoms with Crippen molar-refractivity contribution in [3.63, 3.8) is 0 Å². The number of hydrogen-bond donors (Lipinski definition) is 1. The van der Waals surface area contributed by atoms with Crippen molar-refractivity contribution in [2.24, 2.45) is 0 Å². The second-order valence-electron chi connectivity index (χ2n) is 4.51. The maximum Gasteiger partial charge on any atom is 0.231 e. The molecule has 3 rings (SSSR count). The molecule has 1 aliphatic heterocycles. The maximum absolute atomic E-state index is 13.2. The zero-order chi connectivity index (χ0) is 14.8. The summed E-state index contributed by atoms with van der Waals surface area (Å²) in [5.41, 5.74) is 1.45. The minimum absolute atomic E-state index is 0.179. The van der Waals surface area contributed by atoms with E-state index in [0.29, 0.717) is 34.5 Å². The van der Waals surface area contributed by atoms with E-state index in [1.807, 2.05) is 12.1 Å². The number of halogens is 2. The maximum atomic E-state index is 13.2. The average Bonchev–Trinajstić information content (AvgIpc) is 2.95. The molecule has 1 N–H and O–H groups in total. The van der Waals surface area contributed by atoms with E-state index in [4.69, 9.17) is 25.8 Å². The lowest BCUT2D eigenvalue weighted by Gasteiger charge is -2.11. The monoisotopic (exact) mass is 309 g/mol. The summed E-state index contributed by atoms with van der Waals surface area (Å²) in [7, 11) is 1.57. The molecule has 0 saturated heterocycles. The van der Waals surface area contributed by atoms with Crippen LogP contribution in [0.4, 0.5) is 10.1 Å². The highest BCUT2D eigenvalue weighted by Gasteiger charge is 2.20. The number of hydrogen-bond acceptors (Lipinski definition) is 4. The zero-order valence-electron chi connectivity index (χ0n) is 11.3. The van der Waals surface area contributed by atoms with Gasteiger partial charge in [-0.25, -0.2) is 4.39 Å². The molecule has 2 aromatic carbocycles. The van der Waals surface area contributed by atoms with Gasteiger partial charge in [0, 0.05) is 6.54 Å². The lowest BCUT2D eigenvalue weighted by molar-refractivity contribution is 0.171. The average molecular weight is 310 g/mol. The van der Waals surface area contributed by atoms with Gasteiger partial charge in [-0.05, 0) is 35.9 Å². The van der Waals surface area contributed by atoms with Crippen LogP contribution in [0.1, 0.15) is 5.56 Å². The molecule has 0 aromatic heterocycles. The molecule has 6 heteroatoms. The first-order valence-electron chi connectivity index (χ1n) is 6.33. The van der Waals surface area contributed by atoms with E-state index in [1.165, 1.54) is 18.2 Å². The van der Waals surface area contributed by atoms with Crippen molar-refractivity contribution in [2.45, 2.75) is 6.54 Å². The van der Waals surface area contributed by atoms with Gasteiger partial charge >= 0.3 is 0 Å². The second kappa shape index (κ2) is 5.69. The van der Waals surface area contributed by atoms with Gasteiger partial charge in [0.2, 0.25) is 12.5 Å². The fourth-order valence-corrected chi connectivity index (χ4v) is 2.30. The molecule has 0 spiro atoms. The first-order chi connectivity index (χ1) is 10.2. The number of methoxy groups -OCH3 is 1. The standard InChI is InChI=1S/C15H13ClFNO3/c1-19-13-4-9(5-14-15(13)21-8-20-14)7-18-12-6-10(17)2-3-11(12)16/h2-6,18H,7-8H2,1H3. The summed E-state index contributed by atoms with van der Waals surface area (Å²) in [6.45, 7) is 0.633. The highest BCUT2D eigenvalue weighted by atomic mass is 35.5. The topological polar surface area (TPSA) is 39.7 Å². The van der Waals surface area contributed by atoms with Crippen LogP contribution in [0.25, 0.3) is 0 Å². The van der Waals surface area contributed by atoms with Crippen molar-refractivity contribution < 1.29 is 18.6 Å². The van der Waals surface area contributed by atoms with E-state index < -0.39 is 0 Å². The Hall–Kier alpha value is -2.14. The molecule has 0 atom stereocenters. The molecule has 0 radical (unpaired) electrons. The van der Waals surface area contributed by atoms with Crippen LogP contribution in [0.3, 0.4) is 0 Å². The largest absolute Gasteiger partial charge is 0.493 e. The molecular weight excluding hydrogens is 297 g/mol. The van der Waals surface area contributed by atoms with Crippen molar-refractivity contribution in [3.05, 3.63) is 46.7 Å². The summed E-state index contributed by atoms with van der Waals surface area (Å²) < 4.78 is 29.2. The summed E-state index contributed by atoms with van der Waals surface area (Å²) in [4.78, 5) is 0. The first kappa shape index (κ1) is 13.8. The van der Waals surface area contributed by atoms with Gasteiger partial charge in [0.05, 0.1) is 17.8 Å². The molecule has 0 bridgehead atoms. The molecular formula is C15H13ClFNO3. The van der Waals surface area contributed by atoms with Crippen LogP contribution in [-0.2, 0) is 6.54 Å². The lowest BCUT2D eigenvalue weighted by atomic mass is 10.1. The number of benzene rings is 2. The van der Waals surface area contributed by atoms with Gasteiger partial charge < -0.3 is 19.5 Å². The minimum Gasteiger partial charge on any atom is -0.493 e. The second-order valence-corrected chi connectivity index (χ2v) is 4.92. The third-order valence-electron chi connectivity index (χ3n) is 3.13. The number of fused-ring (bicyclic) bond motifs is 1. The summed E-state index contributed by atoms with van der Waals surface area (Å²) in [5, 5.41) is 3.55. The third-order valence-corrected chi connectivity index (χ3v) is 3.46. The summed E-state index contributed by atoms with van der Waals surface area (Å²) in [6.07, 6.45) is 0. The van der Waals surface area contributed by atoms with E-state index in [0.717, 1.165) is 5.56 Å². The van der Waals surface area contributed by atoms with E-state index in [9.17, 15) is 4.39 Å². The van der Waals surface area contributed by atoms with Crippen LogP contribution >= 0.6 is 11.6 Å². The van der Waals surface area contributed by atoms with E-state index in [-0.39, 0.29) is 12.6 Å². The first-order valence-corrected chi connectivity index (χ1v) is 6.70. The Morgan fingerprint density at radius 3 is 2.95 bits per heavy atom. The van der Waals surface area contributed by atoms with Gasteiger partial charge in [0.25, 0.3) is 0 Å². The Morgan fingerprint density at radius 2 is 2.14 bits per heavy atom. The van der Waals surface area contributed by atoms with Gasteiger partial charge in [0.1, 0.15) is 5.82 Å². The van der Waals surface area contributed by atoms with Gasteiger partial charge in [-0.2, -0.15) is 0 Å². The predicted molar refractivity (Wildman–Crippen MR) is 77.9 cm³/mol. The van der Waals surface area contributed by atoms with Crippen LogP contribution in [0.5, 0.6) is 17.2 Å². The number of rotatable bonds is 4. The smallest absolute Gasteiger partial charge is 0.231 e. The lowest BCUT2D eigenvalue weighted by Crippen LogP contribution is -2.01. The molecule has 4 nitrogen and oxygen atoms in total. The van der Waals surface area contributed by atoms with Crippen molar-refractivity contribution in [1.82, 2.24) is 0 Å². The van der Waals surface area contributed by atoms with Crippen molar-refractivity contribution >= 4 is 17.3 Å². The molecule has 0 saturated carbocycles. The molecule has 110 valence electrons. The highest BCUT2D eigenvalue weighted by molar-refractivity contribution is 6.33. The van der Waals surface area contributed by atoms with Crippen LogP contribution in [0, 0.1) is 5.82 Å². The van der Waals surface area contributed by atoms with Crippen LogP contribution in [0.15, 0.2) is 30.3 Å². The molecule has 2 aromatic rings. The molecule has 1 heterocycles. The van der Waals surface area contributed by atoms with Crippen LogP contribution in [-0.4, -0.2) is 13.9 Å². The Bertz CT molecular complexity index is 678. The number of ether oxygens (including phenoxy) is 3. The fourth-order valence-electron chi connectivity index (χ4n) is 2.12. The van der Waals surface area contributed by atoms with E-state index in [2.05, 4.69) is 5.32 Å². The van der Waals surface area contributed by atoms with Crippen molar-refractivity contribution in [3.8, 4) is 17.2 Å². The highest BCUT2D eigenvalue weighted by Crippen LogP contribution is 2.42. The van der Waals surface area contributed by atoms with Crippen LogP contribution in [0.2, 0.25) is 5.02 Å². The summed E-state index contributed by atoms with van der Waals surface area (Å²) in [5.74, 6) is 1.50. The molecule has 0 fully saturated rings. The minimum atomic E-state index is -0.342. The third kappa shape index (κ3) is 2.83. The Morgan fingerprint density at radius 1 is 1.29 bits per heavy atom. The Kier molecular flexibility index (Phi) is 3.75. The van der Waals surface area contributed by atoms with Gasteiger partial charge in [-0.3, -0.25) is 0 Å². The van der Waals surface area contributed by atoms with E-state index >= 15 is 0 Å². The normalized spacial score (nSPS) is 12.3. The SMILES string of the molecule is COc1cc(CNc2cc(F)ccc2Cl)cc2c1OCO2. The molecule has 0 unspecified atom stereocenters. The van der Waals surface area contributed by atoms with Gasteiger partial charge in [0.15, 0.2) is 11.5 Å². The number of nitrogens with one attached hydrogen (secondary N) is 1. The van der Waals surface area contributed by atoms with E-state index in [1.54, 1.807) is 7.11 Å². The Balaban J connectivity index is 1.81. The van der Waals surface area contributed by atoms with Gasteiger partial charge in [-0.15, -0.1) is 0 Å². The quantitative estimate of drug-likeness (QED) is 0.932. The predicted octanol–water partition coefficient (Wildman–Crippen LogP) is 3.83. The number of anilines is 1. The zero-order valence-corrected chi connectivity index (χ0v) is 12.0. The van der Waals surface area contributed by atoms with Crippen molar-refractivity contribution in [2.75, 3.05) is 19.2 Å². The molecule has 21 heavy (non-hydrogen) atoms. The van der Waals surface area contributed by atoms with Crippen molar-refractivity contribution in [1.29, 1.82) is 0 Å². The molecule has 1 aliphatic rings. The summed E-state index contributed by atoms with van der Waals surface area (Å²) in [6, 6.07) is 7.88. The molecule has 0 amide bonds. The van der Waals surface area contributed by atoms with Gasteiger partial charge in [-0.1, -0.05) is 11.6 Å².